The molecule has 0 bridgehead atoms. The second-order valence-electron chi connectivity index (χ2n) is 7.21. The normalized spacial score (nSPS) is 11.5. The van der Waals surface area contributed by atoms with E-state index >= 15 is 0 Å². The standard InChI is InChI=1S/C26H27P/c1-2-3-4-9-20-27(25-18-10-14-21-12-5-7-16-23(21)25)26-19-11-15-22-13-6-8-17-24(22)26/h5-8,10-19H,2-4,9,20H2,1H3. The smallest absolute Gasteiger partial charge is 0.0104 e. The summed E-state index contributed by atoms with van der Waals surface area (Å²) in [5, 5.41) is 8.64. The first-order valence-electron chi connectivity index (χ1n) is 10.1. The summed E-state index contributed by atoms with van der Waals surface area (Å²) in [7, 11) is -0.367. The van der Waals surface area contributed by atoms with Crippen LogP contribution in [0.25, 0.3) is 21.5 Å². The maximum atomic E-state index is 2.37. The van der Waals surface area contributed by atoms with Gasteiger partial charge < -0.3 is 0 Å². The lowest BCUT2D eigenvalue weighted by molar-refractivity contribution is 0.705. The first-order chi connectivity index (χ1) is 13.4. The zero-order chi connectivity index (χ0) is 18.5. The van der Waals surface area contributed by atoms with Gasteiger partial charge in [0, 0.05) is 0 Å². The molecule has 0 saturated carbocycles. The van der Waals surface area contributed by atoms with Gasteiger partial charge in [0.05, 0.1) is 0 Å². The number of hydrogen-bond acceptors (Lipinski definition) is 0. The Morgan fingerprint density at radius 3 is 1.63 bits per heavy atom. The van der Waals surface area contributed by atoms with Gasteiger partial charge in [-0.2, -0.15) is 0 Å². The fourth-order valence-corrected chi connectivity index (χ4v) is 6.76. The molecular formula is C26H27P. The van der Waals surface area contributed by atoms with Crippen LogP contribution in [0.4, 0.5) is 0 Å². The van der Waals surface area contributed by atoms with Gasteiger partial charge in [-0.05, 0) is 52.7 Å². The fourth-order valence-electron chi connectivity index (χ4n) is 3.95. The summed E-state index contributed by atoms with van der Waals surface area (Å²) < 4.78 is 0. The van der Waals surface area contributed by atoms with Crippen molar-refractivity contribution >= 4 is 40.1 Å². The molecule has 0 unspecified atom stereocenters. The molecule has 0 aliphatic rings. The molecular weight excluding hydrogens is 343 g/mol. The summed E-state index contributed by atoms with van der Waals surface area (Å²) in [6.45, 7) is 2.29. The Morgan fingerprint density at radius 1 is 0.556 bits per heavy atom. The van der Waals surface area contributed by atoms with Crippen molar-refractivity contribution in [1.29, 1.82) is 0 Å². The van der Waals surface area contributed by atoms with E-state index in [1.807, 2.05) is 0 Å². The van der Waals surface area contributed by atoms with Gasteiger partial charge in [0.25, 0.3) is 0 Å². The van der Waals surface area contributed by atoms with Crippen molar-refractivity contribution in [3.8, 4) is 0 Å². The molecule has 4 aromatic carbocycles. The van der Waals surface area contributed by atoms with Crippen LogP contribution in [0.3, 0.4) is 0 Å². The van der Waals surface area contributed by atoms with Gasteiger partial charge in [0.1, 0.15) is 0 Å². The van der Waals surface area contributed by atoms with E-state index in [0.717, 1.165) is 0 Å². The molecule has 0 N–H and O–H groups in total. The van der Waals surface area contributed by atoms with Crippen molar-refractivity contribution in [3.63, 3.8) is 0 Å². The summed E-state index contributed by atoms with van der Waals surface area (Å²) in [5.74, 6) is 0. The summed E-state index contributed by atoms with van der Waals surface area (Å²) in [6.07, 6.45) is 6.56. The van der Waals surface area contributed by atoms with Crippen molar-refractivity contribution in [2.75, 3.05) is 6.16 Å². The van der Waals surface area contributed by atoms with Crippen LogP contribution in [-0.4, -0.2) is 6.16 Å². The Bertz CT molecular complexity index is 944. The maximum absolute atomic E-state index is 2.37. The van der Waals surface area contributed by atoms with Gasteiger partial charge in [0.2, 0.25) is 0 Å². The minimum Gasteiger partial charge on any atom is -0.0654 e. The van der Waals surface area contributed by atoms with E-state index in [0.29, 0.717) is 0 Å². The van der Waals surface area contributed by atoms with E-state index in [1.54, 1.807) is 0 Å². The van der Waals surface area contributed by atoms with Gasteiger partial charge in [-0.3, -0.25) is 0 Å². The first-order valence-corrected chi connectivity index (χ1v) is 11.6. The van der Waals surface area contributed by atoms with E-state index < -0.39 is 0 Å². The highest BCUT2D eigenvalue weighted by molar-refractivity contribution is 7.73. The molecule has 0 nitrogen and oxygen atoms in total. The number of rotatable bonds is 7. The third-order valence-electron chi connectivity index (χ3n) is 5.35. The molecule has 4 aromatic rings. The van der Waals surface area contributed by atoms with Crippen molar-refractivity contribution < 1.29 is 0 Å². The predicted molar refractivity (Wildman–Crippen MR) is 123 cm³/mol. The van der Waals surface area contributed by atoms with Gasteiger partial charge in [0.15, 0.2) is 0 Å². The van der Waals surface area contributed by atoms with E-state index in [9.17, 15) is 0 Å². The molecule has 0 radical (unpaired) electrons. The Kier molecular flexibility index (Phi) is 5.85. The van der Waals surface area contributed by atoms with E-state index in [4.69, 9.17) is 0 Å². The molecule has 0 heterocycles. The van der Waals surface area contributed by atoms with Crippen molar-refractivity contribution in [1.82, 2.24) is 0 Å². The van der Waals surface area contributed by atoms with E-state index in [1.165, 1.54) is 64.0 Å². The summed E-state index contributed by atoms with van der Waals surface area (Å²) in [5.41, 5.74) is 0. The Hall–Kier alpha value is -2.17. The van der Waals surface area contributed by atoms with Crippen LogP contribution in [0.2, 0.25) is 0 Å². The highest BCUT2D eigenvalue weighted by atomic mass is 31.1. The molecule has 136 valence electrons. The Balaban J connectivity index is 1.83. The van der Waals surface area contributed by atoms with Gasteiger partial charge >= 0.3 is 0 Å². The number of fused-ring (bicyclic) bond motifs is 2. The number of unbranched alkanes of at least 4 members (excludes halogenated alkanes) is 3. The van der Waals surface area contributed by atoms with Crippen LogP contribution in [0.15, 0.2) is 84.9 Å². The van der Waals surface area contributed by atoms with Gasteiger partial charge in [-0.1, -0.05) is 111 Å². The second kappa shape index (κ2) is 8.68. The molecule has 0 aromatic heterocycles. The fraction of sp³-hybridized carbons (Fsp3) is 0.231. The average molecular weight is 370 g/mol. The zero-order valence-electron chi connectivity index (χ0n) is 16.1. The summed E-state index contributed by atoms with van der Waals surface area (Å²) in [4.78, 5) is 0. The topological polar surface area (TPSA) is 0 Å². The highest BCUT2D eigenvalue weighted by Crippen LogP contribution is 2.39. The quantitative estimate of drug-likeness (QED) is 0.242. The van der Waals surface area contributed by atoms with Gasteiger partial charge in [-0.25, -0.2) is 0 Å². The van der Waals surface area contributed by atoms with Crippen LogP contribution < -0.4 is 10.6 Å². The number of hydrogen-bond donors (Lipinski definition) is 0. The minimum absolute atomic E-state index is 0.367. The minimum atomic E-state index is -0.367. The van der Waals surface area contributed by atoms with E-state index in [2.05, 4.69) is 91.9 Å². The molecule has 0 saturated heterocycles. The average Bonchev–Trinajstić information content (AvgIpc) is 2.73. The third kappa shape index (κ3) is 3.92. The zero-order valence-corrected chi connectivity index (χ0v) is 17.0. The maximum Gasteiger partial charge on any atom is -0.0104 e. The lowest BCUT2D eigenvalue weighted by Crippen LogP contribution is -2.16. The summed E-state index contributed by atoms with van der Waals surface area (Å²) >= 11 is 0. The largest absolute Gasteiger partial charge is 0.0654 e. The van der Waals surface area contributed by atoms with Crippen LogP contribution in [-0.2, 0) is 0 Å². The molecule has 0 amide bonds. The molecule has 27 heavy (non-hydrogen) atoms. The van der Waals surface area contributed by atoms with Crippen LogP contribution in [0, 0.1) is 0 Å². The molecule has 1 heteroatoms. The van der Waals surface area contributed by atoms with Gasteiger partial charge in [-0.15, -0.1) is 0 Å². The predicted octanol–water partition coefficient (Wildman–Crippen LogP) is 7.01. The van der Waals surface area contributed by atoms with Crippen molar-refractivity contribution in [2.24, 2.45) is 0 Å². The van der Waals surface area contributed by atoms with E-state index in [-0.39, 0.29) is 7.92 Å². The Labute approximate surface area is 164 Å². The summed E-state index contributed by atoms with van der Waals surface area (Å²) in [6, 6.07) is 31.5. The SMILES string of the molecule is CCCCCCP(c1cccc2ccccc12)c1cccc2ccccc12. The lowest BCUT2D eigenvalue weighted by Gasteiger charge is -2.22. The highest BCUT2D eigenvalue weighted by Gasteiger charge is 2.18. The third-order valence-corrected chi connectivity index (χ3v) is 8.06. The second-order valence-corrected chi connectivity index (χ2v) is 9.48. The molecule has 0 aliphatic heterocycles. The first kappa shape index (κ1) is 18.2. The van der Waals surface area contributed by atoms with Crippen molar-refractivity contribution in [3.05, 3.63) is 84.9 Å². The monoisotopic (exact) mass is 370 g/mol. The van der Waals surface area contributed by atoms with Crippen LogP contribution in [0.1, 0.15) is 32.6 Å². The Morgan fingerprint density at radius 2 is 1.07 bits per heavy atom. The van der Waals surface area contributed by atoms with Crippen molar-refractivity contribution in [2.45, 2.75) is 32.6 Å². The lowest BCUT2D eigenvalue weighted by atomic mass is 10.1. The molecule has 0 aliphatic carbocycles. The molecule has 4 rings (SSSR count). The number of benzene rings is 4. The van der Waals surface area contributed by atoms with Crippen LogP contribution in [0.5, 0.6) is 0 Å². The molecule has 0 fully saturated rings. The molecule has 0 spiro atoms. The van der Waals surface area contributed by atoms with Crippen LogP contribution >= 0.6 is 7.92 Å². The molecule has 0 atom stereocenters.